The fourth-order valence-electron chi connectivity index (χ4n) is 1.08. The summed E-state index contributed by atoms with van der Waals surface area (Å²) in [6.07, 6.45) is 0. The lowest BCUT2D eigenvalue weighted by Crippen LogP contribution is -2.37. The summed E-state index contributed by atoms with van der Waals surface area (Å²) in [6, 6.07) is 5.06. The van der Waals surface area contributed by atoms with Crippen LogP contribution in [0.2, 0.25) is 5.02 Å². The Kier molecular flexibility index (Phi) is 2.81. The molecule has 0 amide bonds. The monoisotopic (exact) mass is 200 g/mol. The van der Waals surface area contributed by atoms with Crippen molar-refractivity contribution in [3.8, 4) is 0 Å². The van der Waals surface area contributed by atoms with Gasteiger partial charge >= 0.3 is 0 Å². The quantitative estimate of drug-likeness (QED) is 0.626. The standard InChI is InChI=1S/C9H13ClN2O/c1-9(12,5-13)7-3-2-6(11)4-8(7)10/h2-4,13H,5,11-12H2,1H3/t9-/m0/s1. The SMILES string of the molecule is C[C@](N)(CO)c1ccc(N)cc1Cl. The first-order valence-corrected chi connectivity index (χ1v) is 4.30. The van der Waals surface area contributed by atoms with Gasteiger partial charge in [-0.1, -0.05) is 17.7 Å². The van der Waals surface area contributed by atoms with Gasteiger partial charge in [-0.05, 0) is 24.6 Å². The maximum absolute atomic E-state index is 9.03. The Hall–Kier alpha value is -0.770. The van der Waals surface area contributed by atoms with Crippen molar-refractivity contribution in [3.05, 3.63) is 28.8 Å². The van der Waals surface area contributed by atoms with Crippen molar-refractivity contribution in [3.63, 3.8) is 0 Å². The summed E-state index contributed by atoms with van der Waals surface area (Å²) in [5.41, 5.74) is 11.8. The van der Waals surface area contributed by atoms with E-state index in [0.29, 0.717) is 16.3 Å². The molecule has 1 aromatic carbocycles. The lowest BCUT2D eigenvalue weighted by atomic mass is 9.94. The normalized spacial score (nSPS) is 15.4. The average molecular weight is 201 g/mol. The molecule has 0 aliphatic rings. The van der Waals surface area contributed by atoms with Gasteiger partial charge in [0.15, 0.2) is 0 Å². The molecule has 0 spiro atoms. The third-order valence-corrected chi connectivity index (χ3v) is 2.25. The van der Waals surface area contributed by atoms with Gasteiger partial charge in [0.2, 0.25) is 0 Å². The third-order valence-electron chi connectivity index (χ3n) is 1.94. The van der Waals surface area contributed by atoms with Crippen LogP contribution in [0.25, 0.3) is 0 Å². The van der Waals surface area contributed by atoms with Crippen molar-refractivity contribution < 1.29 is 5.11 Å². The number of hydrogen-bond acceptors (Lipinski definition) is 3. The highest BCUT2D eigenvalue weighted by Crippen LogP contribution is 2.27. The van der Waals surface area contributed by atoms with Gasteiger partial charge < -0.3 is 16.6 Å². The lowest BCUT2D eigenvalue weighted by molar-refractivity contribution is 0.210. The van der Waals surface area contributed by atoms with E-state index in [1.807, 2.05) is 0 Å². The van der Waals surface area contributed by atoms with Crippen molar-refractivity contribution in [1.29, 1.82) is 0 Å². The molecule has 1 aromatic rings. The molecule has 0 aliphatic carbocycles. The number of aliphatic hydroxyl groups excluding tert-OH is 1. The largest absolute Gasteiger partial charge is 0.399 e. The Bertz CT molecular complexity index is 312. The van der Waals surface area contributed by atoms with Crippen molar-refractivity contribution in [1.82, 2.24) is 0 Å². The van der Waals surface area contributed by atoms with E-state index in [4.69, 9.17) is 28.2 Å². The molecule has 0 saturated heterocycles. The summed E-state index contributed by atoms with van der Waals surface area (Å²) in [6.45, 7) is 1.56. The van der Waals surface area contributed by atoms with Gasteiger partial charge in [-0.25, -0.2) is 0 Å². The molecule has 0 unspecified atom stereocenters. The maximum atomic E-state index is 9.03. The van der Waals surface area contributed by atoms with Gasteiger partial charge in [0, 0.05) is 10.7 Å². The minimum absolute atomic E-state index is 0.156. The number of benzene rings is 1. The zero-order valence-corrected chi connectivity index (χ0v) is 8.17. The number of aliphatic hydroxyl groups is 1. The smallest absolute Gasteiger partial charge is 0.0650 e. The number of halogens is 1. The molecular formula is C9H13ClN2O. The van der Waals surface area contributed by atoms with Crippen molar-refractivity contribution in [2.75, 3.05) is 12.3 Å². The van der Waals surface area contributed by atoms with Crippen LogP contribution in [-0.2, 0) is 5.54 Å². The second-order valence-electron chi connectivity index (χ2n) is 3.31. The molecule has 0 saturated carbocycles. The third kappa shape index (κ3) is 2.12. The molecule has 5 N–H and O–H groups in total. The van der Waals surface area contributed by atoms with Crippen molar-refractivity contribution in [2.45, 2.75) is 12.5 Å². The van der Waals surface area contributed by atoms with E-state index in [1.54, 1.807) is 25.1 Å². The minimum Gasteiger partial charge on any atom is -0.399 e. The lowest BCUT2D eigenvalue weighted by Gasteiger charge is -2.23. The number of anilines is 1. The van der Waals surface area contributed by atoms with Gasteiger partial charge in [0.1, 0.15) is 0 Å². The summed E-state index contributed by atoms with van der Waals surface area (Å²) >= 11 is 5.92. The second kappa shape index (κ2) is 3.54. The van der Waals surface area contributed by atoms with Crippen LogP contribution >= 0.6 is 11.6 Å². The zero-order valence-electron chi connectivity index (χ0n) is 7.42. The van der Waals surface area contributed by atoms with Crippen molar-refractivity contribution in [2.24, 2.45) is 5.73 Å². The molecule has 72 valence electrons. The van der Waals surface area contributed by atoms with E-state index in [9.17, 15) is 0 Å². The summed E-state index contributed by atoms with van der Waals surface area (Å²) in [4.78, 5) is 0. The van der Waals surface area contributed by atoms with Gasteiger partial charge in [-0.2, -0.15) is 0 Å². The Balaban J connectivity index is 3.16. The number of nitrogens with two attached hydrogens (primary N) is 2. The highest BCUT2D eigenvalue weighted by atomic mass is 35.5. The molecule has 0 radical (unpaired) electrons. The van der Waals surface area contributed by atoms with Crippen LogP contribution in [-0.4, -0.2) is 11.7 Å². The Morgan fingerprint density at radius 1 is 1.54 bits per heavy atom. The van der Waals surface area contributed by atoms with E-state index in [2.05, 4.69) is 0 Å². The molecule has 4 heteroatoms. The predicted molar refractivity (Wildman–Crippen MR) is 54.5 cm³/mol. The van der Waals surface area contributed by atoms with Crippen LogP contribution in [0.4, 0.5) is 5.69 Å². The molecule has 0 fully saturated rings. The van der Waals surface area contributed by atoms with E-state index < -0.39 is 5.54 Å². The number of hydrogen-bond donors (Lipinski definition) is 3. The second-order valence-corrected chi connectivity index (χ2v) is 3.72. The molecule has 3 nitrogen and oxygen atoms in total. The van der Waals surface area contributed by atoms with E-state index in [0.717, 1.165) is 0 Å². The van der Waals surface area contributed by atoms with Crippen molar-refractivity contribution >= 4 is 17.3 Å². The van der Waals surface area contributed by atoms with E-state index in [-0.39, 0.29) is 6.61 Å². The fraction of sp³-hybridized carbons (Fsp3) is 0.333. The molecular weight excluding hydrogens is 188 g/mol. The minimum atomic E-state index is -0.815. The Morgan fingerprint density at radius 3 is 2.62 bits per heavy atom. The zero-order chi connectivity index (χ0) is 10.1. The molecule has 1 rings (SSSR count). The fourth-order valence-corrected chi connectivity index (χ4v) is 1.48. The van der Waals surface area contributed by atoms with Gasteiger partial charge in [-0.15, -0.1) is 0 Å². The molecule has 0 aliphatic heterocycles. The summed E-state index contributed by atoms with van der Waals surface area (Å²) in [7, 11) is 0. The number of rotatable bonds is 2. The number of nitrogen functional groups attached to an aromatic ring is 1. The highest BCUT2D eigenvalue weighted by molar-refractivity contribution is 6.31. The van der Waals surface area contributed by atoms with Crippen LogP contribution in [0.5, 0.6) is 0 Å². The van der Waals surface area contributed by atoms with E-state index >= 15 is 0 Å². The maximum Gasteiger partial charge on any atom is 0.0650 e. The summed E-state index contributed by atoms with van der Waals surface area (Å²) in [5.74, 6) is 0. The molecule has 0 heterocycles. The molecule has 1 atom stereocenters. The van der Waals surface area contributed by atoms with Gasteiger partial charge in [-0.3, -0.25) is 0 Å². The molecule has 0 bridgehead atoms. The topological polar surface area (TPSA) is 72.3 Å². The first kappa shape index (κ1) is 10.3. The molecule has 13 heavy (non-hydrogen) atoms. The van der Waals surface area contributed by atoms with Gasteiger partial charge in [0.25, 0.3) is 0 Å². The van der Waals surface area contributed by atoms with Gasteiger partial charge in [0.05, 0.1) is 12.1 Å². The van der Waals surface area contributed by atoms with Crippen LogP contribution in [0.1, 0.15) is 12.5 Å². The predicted octanol–water partition coefficient (Wildman–Crippen LogP) is 1.09. The summed E-state index contributed by atoms with van der Waals surface area (Å²) < 4.78 is 0. The average Bonchev–Trinajstić information content (AvgIpc) is 2.03. The Labute approximate surface area is 82.3 Å². The van der Waals surface area contributed by atoms with Crippen LogP contribution in [0.15, 0.2) is 18.2 Å². The van der Waals surface area contributed by atoms with Crippen LogP contribution in [0.3, 0.4) is 0 Å². The van der Waals surface area contributed by atoms with E-state index in [1.165, 1.54) is 0 Å². The first-order valence-electron chi connectivity index (χ1n) is 3.92. The summed E-state index contributed by atoms with van der Waals surface area (Å²) in [5, 5.41) is 9.51. The van der Waals surface area contributed by atoms with Crippen LogP contribution < -0.4 is 11.5 Å². The first-order chi connectivity index (χ1) is 5.97. The highest BCUT2D eigenvalue weighted by Gasteiger charge is 2.22. The molecule has 0 aromatic heterocycles. The Morgan fingerprint density at radius 2 is 2.15 bits per heavy atom. The van der Waals surface area contributed by atoms with Crippen LogP contribution in [0, 0.1) is 0 Å².